The Labute approximate surface area is 123 Å². The molecule has 1 aliphatic rings. The van der Waals surface area contributed by atoms with Crippen LogP contribution in [0.5, 0.6) is 0 Å². The molecule has 0 atom stereocenters. The topological polar surface area (TPSA) is 64.9 Å². The molecular formula is C14H17ClFN3O. The second-order valence-corrected chi connectivity index (χ2v) is 5.25. The molecule has 0 saturated heterocycles. The standard InChI is InChI=1S/C14H16FN3O.ClH/c1-9-8-10(4-5-11(9)15)12-17-13(19-18-12)14(16)6-2-3-7-14;/h4-5,8H,2-3,6-7,16H2,1H3;1H. The lowest BCUT2D eigenvalue weighted by molar-refractivity contribution is 0.285. The molecule has 4 nitrogen and oxygen atoms in total. The average Bonchev–Trinajstić information content (AvgIpc) is 3.02. The molecule has 0 bridgehead atoms. The molecule has 1 saturated carbocycles. The molecule has 0 spiro atoms. The van der Waals surface area contributed by atoms with Crippen molar-refractivity contribution in [3.8, 4) is 11.4 Å². The third kappa shape index (κ3) is 2.55. The normalized spacial score (nSPS) is 16.9. The number of aromatic nitrogens is 2. The van der Waals surface area contributed by atoms with E-state index in [0.717, 1.165) is 31.2 Å². The zero-order chi connectivity index (χ0) is 13.5. The number of rotatable bonds is 2. The maximum Gasteiger partial charge on any atom is 0.247 e. The van der Waals surface area contributed by atoms with Crippen molar-refractivity contribution in [1.29, 1.82) is 0 Å². The molecular weight excluding hydrogens is 281 g/mol. The summed E-state index contributed by atoms with van der Waals surface area (Å²) in [6.07, 6.45) is 3.92. The van der Waals surface area contributed by atoms with Crippen molar-refractivity contribution in [2.45, 2.75) is 38.1 Å². The molecule has 108 valence electrons. The predicted molar refractivity (Wildman–Crippen MR) is 76.0 cm³/mol. The fraction of sp³-hybridized carbons (Fsp3) is 0.429. The first-order chi connectivity index (χ1) is 9.08. The number of halogens is 2. The zero-order valence-electron chi connectivity index (χ0n) is 11.2. The molecule has 2 aromatic rings. The number of nitrogens with two attached hydrogens (primary N) is 1. The van der Waals surface area contributed by atoms with Gasteiger partial charge in [0.15, 0.2) is 0 Å². The first-order valence-electron chi connectivity index (χ1n) is 6.48. The minimum atomic E-state index is -0.486. The number of aryl methyl sites for hydroxylation is 1. The molecule has 2 N–H and O–H groups in total. The highest BCUT2D eigenvalue weighted by molar-refractivity contribution is 5.85. The van der Waals surface area contributed by atoms with Crippen LogP contribution in [0.1, 0.15) is 37.1 Å². The Morgan fingerprint density at radius 1 is 1.30 bits per heavy atom. The lowest BCUT2D eigenvalue weighted by Crippen LogP contribution is -2.33. The maximum atomic E-state index is 13.2. The second kappa shape index (κ2) is 5.50. The molecule has 1 aromatic heterocycles. The van der Waals surface area contributed by atoms with Gasteiger partial charge < -0.3 is 10.3 Å². The van der Waals surface area contributed by atoms with E-state index >= 15 is 0 Å². The lowest BCUT2D eigenvalue weighted by Gasteiger charge is -2.17. The Balaban J connectivity index is 0.00000147. The van der Waals surface area contributed by atoms with E-state index in [4.69, 9.17) is 10.3 Å². The largest absolute Gasteiger partial charge is 0.337 e. The van der Waals surface area contributed by atoms with Crippen molar-refractivity contribution in [2.75, 3.05) is 0 Å². The smallest absolute Gasteiger partial charge is 0.247 e. The second-order valence-electron chi connectivity index (χ2n) is 5.25. The van der Waals surface area contributed by atoms with Crippen molar-refractivity contribution in [1.82, 2.24) is 10.1 Å². The number of nitrogens with zero attached hydrogens (tertiary/aromatic N) is 2. The van der Waals surface area contributed by atoms with E-state index in [-0.39, 0.29) is 18.2 Å². The van der Waals surface area contributed by atoms with Gasteiger partial charge in [-0.3, -0.25) is 0 Å². The summed E-state index contributed by atoms with van der Waals surface area (Å²) in [6, 6.07) is 4.77. The Morgan fingerprint density at radius 3 is 2.65 bits per heavy atom. The number of benzene rings is 1. The maximum absolute atomic E-state index is 13.2. The van der Waals surface area contributed by atoms with Gasteiger partial charge in [-0.05, 0) is 43.5 Å². The van der Waals surface area contributed by atoms with Crippen LogP contribution in [0.4, 0.5) is 4.39 Å². The third-order valence-corrected chi connectivity index (χ3v) is 3.76. The molecule has 1 aromatic carbocycles. The van der Waals surface area contributed by atoms with E-state index in [2.05, 4.69) is 10.1 Å². The molecule has 1 fully saturated rings. The van der Waals surface area contributed by atoms with E-state index in [1.54, 1.807) is 19.1 Å². The van der Waals surface area contributed by atoms with Gasteiger partial charge in [-0.25, -0.2) is 4.39 Å². The molecule has 0 amide bonds. The SMILES string of the molecule is Cc1cc(-c2noc(C3(N)CCCC3)n2)ccc1F.Cl. The summed E-state index contributed by atoms with van der Waals surface area (Å²) in [5.74, 6) is 0.718. The van der Waals surface area contributed by atoms with Gasteiger partial charge in [-0.2, -0.15) is 4.98 Å². The molecule has 0 radical (unpaired) electrons. The van der Waals surface area contributed by atoms with Crippen LogP contribution in [0.3, 0.4) is 0 Å². The Morgan fingerprint density at radius 2 is 2.00 bits per heavy atom. The molecule has 0 unspecified atom stereocenters. The van der Waals surface area contributed by atoms with Crippen LogP contribution in [-0.4, -0.2) is 10.1 Å². The van der Waals surface area contributed by atoms with Gasteiger partial charge in [0, 0.05) is 5.56 Å². The highest BCUT2D eigenvalue weighted by atomic mass is 35.5. The van der Waals surface area contributed by atoms with Gasteiger partial charge in [-0.15, -0.1) is 12.4 Å². The molecule has 3 rings (SSSR count). The van der Waals surface area contributed by atoms with Crippen LogP contribution in [-0.2, 0) is 5.54 Å². The first-order valence-corrected chi connectivity index (χ1v) is 6.48. The summed E-state index contributed by atoms with van der Waals surface area (Å²) in [5.41, 5.74) is 7.09. The summed E-state index contributed by atoms with van der Waals surface area (Å²) in [5, 5.41) is 3.96. The Hall–Kier alpha value is -1.46. The minimum Gasteiger partial charge on any atom is -0.337 e. The molecule has 0 aliphatic heterocycles. The summed E-state index contributed by atoms with van der Waals surface area (Å²) in [4.78, 5) is 4.38. The fourth-order valence-corrected chi connectivity index (χ4v) is 2.55. The third-order valence-electron chi connectivity index (χ3n) is 3.76. The van der Waals surface area contributed by atoms with Crippen molar-refractivity contribution in [2.24, 2.45) is 5.73 Å². The van der Waals surface area contributed by atoms with Crippen molar-refractivity contribution in [3.63, 3.8) is 0 Å². The first kappa shape index (κ1) is 14.9. The van der Waals surface area contributed by atoms with Crippen molar-refractivity contribution in [3.05, 3.63) is 35.5 Å². The van der Waals surface area contributed by atoms with E-state index in [1.165, 1.54) is 6.07 Å². The molecule has 1 aliphatic carbocycles. The minimum absolute atomic E-state index is 0. The summed E-state index contributed by atoms with van der Waals surface area (Å²) >= 11 is 0. The average molecular weight is 298 g/mol. The zero-order valence-corrected chi connectivity index (χ0v) is 12.0. The summed E-state index contributed by atoms with van der Waals surface area (Å²) in [7, 11) is 0. The van der Waals surface area contributed by atoms with Gasteiger partial charge in [0.25, 0.3) is 0 Å². The molecule has 20 heavy (non-hydrogen) atoms. The summed E-state index contributed by atoms with van der Waals surface area (Å²) < 4.78 is 18.5. The van der Waals surface area contributed by atoms with Gasteiger partial charge in [0.1, 0.15) is 5.82 Å². The van der Waals surface area contributed by atoms with Crippen LogP contribution in [0.15, 0.2) is 22.7 Å². The number of hydrogen-bond acceptors (Lipinski definition) is 4. The number of hydrogen-bond donors (Lipinski definition) is 1. The van der Waals surface area contributed by atoms with E-state index in [0.29, 0.717) is 17.3 Å². The predicted octanol–water partition coefficient (Wildman–Crippen LogP) is 3.33. The monoisotopic (exact) mass is 297 g/mol. The Kier molecular flexibility index (Phi) is 4.11. The highest BCUT2D eigenvalue weighted by Gasteiger charge is 2.36. The van der Waals surface area contributed by atoms with E-state index in [1.807, 2.05) is 0 Å². The van der Waals surface area contributed by atoms with Crippen LogP contribution >= 0.6 is 12.4 Å². The van der Waals surface area contributed by atoms with Gasteiger partial charge >= 0.3 is 0 Å². The lowest BCUT2D eigenvalue weighted by atomic mass is 9.99. The van der Waals surface area contributed by atoms with Crippen LogP contribution in [0.25, 0.3) is 11.4 Å². The van der Waals surface area contributed by atoms with E-state index < -0.39 is 5.54 Å². The summed E-state index contributed by atoms with van der Waals surface area (Å²) in [6.45, 7) is 1.71. The van der Waals surface area contributed by atoms with Crippen LogP contribution < -0.4 is 5.73 Å². The van der Waals surface area contributed by atoms with Crippen LogP contribution in [0, 0.1) is 12.7 Å². The Bertz CT molecular complexity index is 608. The van der Waals surface area contributed by atoms with E-state index in [9.17, 15) is 4.39 Å². The fourth-order valence-electron chi connectivity index (χ4n) is 2.55. The van der Waals surface area contributed by atoms with Gasteiger partial charge in [-0.1, -0.05) is 18.0 Å². The van der Waals surface area contributed by atoms with Gasteiger partial charge in [0.05, 0.1) is 5.54 Å². The molecule has 6 heteroatoms. The highest BCUT2D eigenvalue weighted by Crippen LogP contribution is 2.36. The van der Waals surface area contributed by atoms with Crippen molar-refractivity contribution < 1.29 is 8.91 Å². The van der Waals surface area contributed by atoms with Gasteiger partial charge in [0.2, 0.25) is 11.7 Å². The molecule has 1 heterocycles. The quantitative estimate of drug-likeness (QED) is 0.923. The van der Waals surface area contributed by atoms with Crippen molar-refractivity contribution >= 4 is 12.4 Å². The van der Waals surface area contributed by atoms with Crippen LogP contribution in [0.2, 0.25) is 0 Å².